The Hall–Kier alpha value is -0.410. The van der Waals surface area contributed by atoms with Gasteiger partial charge in [-0.2, -0.15) is 0 Å². The Balaban J connectivity index is 2.26. The highest BCUT2D eigenvalue weighted by atomic mass is 32.1. The molecule has 0 aliphatic heterocycles. The molecule has 1 rings (SSSR count). The lowest BCUT2D eigenvalue weighted by molar-refractivity contribution is 0.587. The van der Waals surface area contributed by atoms with E-state index < -0.39 is 0 Å². The van der Waals surface area contributed by atoms with Gasteiger partial charge < -0.3 is 5.32 Å². The Morgan fingerprint density at radius 1 is 1.40 bits per heavy atom. The summed E-state index contributed by atoms with van der Waals surface area (Å²) in [5.74, 6) is 0. The predicted octanol–water partition coefficient (Wildman–Crippen LogP) is 3.03. The number of aryl methyl sites for hydroxylation is 1. The van der Waals surface area contributed by atoms with Gasteiger partial charge in [0.15, 0.2) is 0 Å². The van der Waals surface area contributed by atoms with Crippen molar-refractivity contribution in [3.63, 3.8) is 0 Å². The average Bonchev–Trinajstić information content (AvgIpc) is 2.62. The van der Waals surface area contributed by atoms with Crippen LogP contribution in [0.1, 0.15) is 44.3 Å². The minimum Gasteiger partial charge on any atom is -0.314 e. The maximum Gasteiger partial charge on any atom is 0.0928 e. The van der Waals surface area contributed by atoms with Gasteiger partial charge in [-0.05, 0) is 12.8 Å². The molecule has 0 saturated carbocycles. The van der Waals surface area contributed by atoms with E-state index in [2.05, 4.69) is 36.5 Å². The molecule has 0 bridgehead atoms. The largest absolute Gasteiger partial charge is 0.314 e. The molecule has 15 heavy (non-hydrogen) atoms. The molecule has 0 amide bonds. The molecule has 0 spiro atoms. The van der Waals surface area contributed by atoms with Crippen LogP contribution in [0.15, 0.2) is 5.38 Å². The van der Waals surface area contributed by atoms with Crippen LogP contribution in [0.25, 0.3) is 0 Å². The summed E-state index contributed by atoms with van der Waals surface area (Å²) >= 11 is 1.81. The Kier molecular flexibility index (Phi) is 5.88. The molecular formula is C12H22N2S. The Morgan fingerprint density at radius 2 is 2.20 bits per heavy atom. The summed E-state index contributed by atoms with van der Waals surface area (Å²) in [5, 5.41) is 6.91. The maximum absolute atomic E-state index is 4.62. The third-order valence-electron chi connectivity index (χ3n) is 2.28. The summed E-state index contributed by atoms with van der Waals surface area (Å²) in [4.78, 5) is 4.62. The monoisotopic (exact) mass is 226 g/mol. The van der Waals surface area contributed by atoms with Gasteiger partial charge >= 0.3 is 0 Å². The third kappa shape index (κ3) is 5.28. The van der Waals surface area contributed by atoms with E-state index in [-0.39, 0.29) is 0 Å². The number of thiazole rings is 1. The van der Waals surface area contributed by atoms with E-state index in [0.29, 0.717) is 6.04 Å². The van der Waals surface area contributed by atoms with E-state index in [4.69, 9.17) is 0 Å². The Bertz CT molecular complexity index is 268. The van der Waals surface area contributed by atoms with E-state index in [1.165, 1.54) is 23.5 Å². The van der Waals surface area contributed by atoms with Gasteiger partial charge in [0, 0.05) is 24.4 Å². The lowest BCUT2D eigenvalue weighted by Crippen LogP contribution is -2.25. The molecule has 0 saturated heterocycles. The van der Waals surface area contributed by atoms with Crippen LogP contribution in [0.4, 0.5) is 0 Å². The molecule has 86 valence electrons. The fourth-order valence-corrected chi connectivity index (χ4v) is 2.27. The molecule has 2 nitrogen and oxygen atoms in total. The smallest absolute Gasteiger partial charge is 0.0928 e. The molecule has 1 N–H and O–H groups in total. The molecule has 0 radical (unpaired) electrons. The molecule has 0 aliphatic rings. The van der Waals surface area contributed by atoms with Crippen LogP contribution in [0.2, 0.25) is 0 Å². The number of hydrogen-bond donors (Lipinski definition) is 1. The van der Waals surface area contributed by atoms with Crippen molar-refractivity contribution >= 4 is 11.3 Å². The zero-order valence-electron chi connectivity index (χ0n) is 10.0. The minimum atomic E-state index is 0.572. The lowest BCUT2D eigenvalue weighted by atomic mass is 10.2. The maximum atomic E-state index is 4.62. The summed E-state index contributed by atoms with van der Waals surface area (Å²) in [6.45, 7) is 7.61. The van der Waals surface area contributed by atoms with Crippen molar-refractivity contribution in [1.29, 1.82) is 0 Å². The van der Waals surface area contributed by atoms with Gasteiger partial charge in [0.05, 0.1) is 10.7 Å². The highest BCUT2D eigenvalue weighted by Gasteiger charge is 2.01. The van der Waals surface area contributed by atoms with Crippen LogP contribution in [-0.2, 0) is 12.8 Å². The van der Waals surface area contributed by atoms with Crippen LogP contribution in [0, 0.1) is 0 Å². The summed E-state index contributed by atoms with van der Waals surface area (Å²) < 4.78 is 0. The Labute approximate surface area is 97.1 Å². The highest BCUT2D eigenvalue weighted by molar-refractivity contribution is 7.09. The van der Waals surface area contributed by atoms with E-state index in [9.17, 15) is 0 Å². The first kappa shape index (κ1) is 12.7. The first-order valence-electron chi connectivity index (χ1n) is 5.89. The molecule has 0 aliphatic carbocycles. The van der Waals surface area contributed by atoms with Gasteiger partial charge in [0.2, 0.25) is 0 Å². The molecule has 1 heterocycles. The van der Waals surface area contributed by atoms with Crippen LogP contribution in [0.3, 0.4) is 0 Å². The van der Waals surface area contributed by atoms with Crippen molar-refractivity contribution in [3.05, 3.63) is 16.1 Å². The zero-order valence-corrected chi connectivity index (χ0v) is 10.9. The van der Waals surface area contributed by atoms with Gasteiger partial charge in [0.1, 0.15) is 0 Å². The molecule has 0 aromatic carbocycles. The SMILES string of the molecule is CCCCc1nc(CCNC(C)C)cs1. The zero-order chi connectivity index (χ0) is 11.1. The van der Waals surface area contributed by atoms with Gasteiger partial charge in [-0.25, -0.2) is 4.98 Å². The number of unbranched alkanes of at least 4 members (excludes halogenated alkanes) is 1. The summed E-state index contributed by atoms with van der Waals surface area (Å²) in [6.07, 6.45) is 4.72. The van der Waals surface area contributed by atoms with Crippen molar-refractivity contribution in [1.82, 2.24) is 10.3 Å². The van der Waals surface area contributed by atoms with E-state index in [1.54, 1.807) is 0 Å². The quantitative estimate of drug-likeness (QED) is 0.773. The third-order valence-corrected chi connectivity index (χ3v) is 3.23. The Morgan fingerprint density at radius 3 is 2.87 bits per heavy atom. The number of aromatic nitrogens is 1. The fourth-order valence-electron chi connectivity index (χ4n) is 1.40. The van der Waals surface area contributed by atoms with Gasteiger partial charge in [-0.1, -0.05) is 27.2 Å². The van der Waals surface area contributed by atoms with Crippen molar-refractivity contribution in [2.45, 2.75) is 52.5 Å². The number of rotatable bonds is 7. The summed E-state index contributed by atoms with van der Waals surface area (Å²) in [6, 6.07) is 0.572. The summed E-state index contributed by atoms with van der Waals surface area (Å²) in [5.41, 5.74) is 1.25. The van der Waals surface area contributed by atoms with Gasteiger partial charge in [-0.15, -0.1) is 11.3 Å². The molecule has 1 aromatic heterocycles. The lowest BCUT2D eigenvalue weighted by Gasteiger charge is -2.05. The normalized spacial score (nSPS) is 11.2. The van der Waals surface area contributed by atoms with Crippen molar-refractivity contribution < 1.29 is 0 Å². The topological polar surface area (TPSA) is 24.9 Å². The van der Waals surface area contributed by atoms with Crippen molar-refractivity contribution in [2.75, 3.05) is 6.54 Å². The first-order valence-corrected chi connectivity index (χ1v) is 6.77. The van der Waals surface area contributed by atoms with E-state index in [1.807, 2.05) is 11.3 Å². The summed E-state index contributed by atoms with van der Waals surface area (Å²) in [7, 11) is 0. The molecule has 0 unspecified atom stereocenters. The fraction of sp³-hybridized carbons (Fsp3) is 0.750. The number of nitrogens with one attached hydrogen (secondary N) is 1. The van der Waals surface area contributed by atoms with Crippen molar-refractivity contribution in [3.8, 4) is 0 Å². The molecule has 3 heteroatoms. The van der Waals surface area contributed by atoms with Crippen LogP contribution in [-0.4, -0.2) is 17.6 Å². The van der Waals surface area contributed by atoms with Crippen LogP contribution in [0.5, 0.6) is 0 Å². The molecule has 0 atom stereocenters. The second-order valence-electron chi connectivity index (χ2n) is 4.19. The number of hydrogen-bond acceptors (Lipinski definition) is 3. The first-order chi connectivity index (χ1) is 7.22. The van der Waals surface area contributed by atoms with Crippen molar-refractivity contribution in [2.24, 2.45) is 0 Å². The molecule has 1 aromatic rings. The minimum absolute atomic E-state index is 0.572. The van der Waals surface area contributed by atoms with Gasteiger partial charge in [0.25, 0.3) is 0 Å². The average molecular weight is 226 g/mol. The van der Waals surface area contributed by atoms with Crippen LogP contribution >= 0.6 is 11.3 Å². The predicted molar refractivity (Wildman–Crippen MR) is 67.6 cm³/mol. The second-order valence-corrected chi connectivity index (χ2v) is 5.14. The highest BCUT2D eigenvalue weighted by Crippen LogP contribution is 2.12. The van der Waals surface area contributed by atoms with E-state index >= 15 is 0 Å². The van der Waals surface area contributed by atoms with E-state index in [0.717, 1.165) is 19.4 Å². The number of nitrogens with zero attached hydrogens (tertiary/aromatic N) is 1. The standard InChI is InChI=1S/C12H22N2S/c1-4-5-6-12-14-11(9-15-12)7-8-13-10(2)3/h9-10,13H,4-8H2,1-3H3. The molecule has 0 fully saturated rings. The van der Waals surface area contributed by atoms with Gasteiger partial charge in [-0.3, -0.25) is 0 Å². The second kappa shape index (κ2) is 6.96. The molecular weight excluding hydrogens is 204 g/mol. The van der Waals surface area contributed by atoms with Crippen LogP contribution < -0.4 is 5.32 Å².